The molecule has 0 aliphatic rings. The predicted octanol–water partition coefficient (Wildman–Crippen LogP) is 3.33. The van der Waals surface area contributed by atoms with Gasteiger partial charge in [0.25, 0.3) is 5.91 Å². The van der Waals surface area contributed by atoms with Gasteiger partial charge in [0, 0.05) is 23.6 Å². The number of nitrogens with one attached hydrogen (secondary N) is 2. The first-order valence-electron chi connectivity index (χ1n) is 6.32. The van der Waals surface area contributed by atoms with Crippen molar-refractivity contribution in [3.63, 3.8) is 0 Å². The van der Waals surface area contributed by atoms with E-state index in [1.165, 1.54) is 0 Å². The first kappa shape index (κ1) is 12.7. The first-order chi connectivity index (χ1) is 8.47. The lowest BCUT2D eigenvalue weighted by Gasteiger charge is -2.17. The second kappa shape index (κ2) is 4.84. The zero-order valence-corrected chi connectivity index (χ0v) is 11.2. The third-order valence-corrected chi connectivity index (χ3v) is 2.99. The van der Waals surface area contributed by atoms with Crippen molar-refractivity contribution in [2.24, 2.45) is 5.41 Å². The molecule has 3 nitrogen and oxygen atoms in total. The Morgan fingerprint density at radius 1 is 1.28 bits per heavy atom. The Hall–Kier alpha value is -1.77. The average molecular weight is 244 g/mol. The lowest BCUT2D eigenvalue weighted by molar-refractivity contribution is 0.0951. The van der Waals surface area contributed by atoms with Crippen LogP contribution in [-0.4, -0.2) is 17.4 Å². The molecule has 3 heteroatoms. The van der Waals surface area contributed by atoms with E-state index in [9.17, 15) is 4.79 Å². The number of para-hydroxylation sites is 1. The van der Waals surface area contributed by atoms with E-state index in [0.29, 0.717) is 6.54 Å². The molecule has 0 aliphatic carbocycles. The number of H-pyrrole nitrogens is 1. The topological polar surface area (TPSA) is 44.9 Å². The lowest BCUT2D eigenvalue weighted by atomic mass is 9.92. The summed E-state index contributed by atoms with van der Waals surface area (Å²) in [6.45, 7) is 7.22. The van der Waals surface area contributed by atoms with Crippen LogP contribution >= 0.6 is 0 Å². The van der Waals surface area contributed by atoms with Crippen LogP contribution in [0.3, 0.4) is 0 Å². The average Bonchev–Trinajstić information content (AvgIpc) is 2.70. The maximum Gasteiger partial charge on any atom is 0.253 e. The molecule has 2 N–H and O–H groups in total. The molecule has 2 aromatic rings. The highest BCUT2D eigenvalue weighted by atomic mass is 16.1. The molecule has 18 heavy (non-hydrogen) atoms. The van der Waals surface area contributed by atoms with Crippen LogP contribution < -0.4 is 5.32 Å². The lowest BCUT2D eigenvalue weighted by Crippen LogP contribution is -2.27. The molecule has 1 aromatic heterocycles. The molecule has 0 bridgehead atoms. The van der Waals surface area contributed by atoms with Gasteiger partial charge in [-0.25, -0.2) is 0 Å². The summed E-state index contributed by atoms with van der Waals surface area (Å²) in [6.07, 6.45) is 2.75. The minimum Gasteiger partial charge on any atom is -0.360 e. The number of aromatic amines is 1. The molecule has 0 saturated carbocycles. The Balaban J connectivity index is 2.05. The number of rotatable bonds is 3. The summed E-state index contributed by atoms with van der Waals surface area (Å²) in [5.41, 5.74) is 1.96. The molecule has 1 amide bonds. The van der Waals surface area contributed by atoms with Crippen LogP contribution in [0, 0.1) is 5.41 Å². The third kappa shape index (κ3) is 2.92. The number of carbonyl (C=O) groups excluding carboxylic acids is 1. The van der Waals surface area contributed by atoms with E-state index >= 15 is 0 Å². The van der Waals surface area contributed by atoms with Crippen molar-refractivity contribution in [1.29, 1.82) is 0 Å². The predicted molar refractivity (Wildman–Crippen MR) is 74.7 cm³/mol. The van der Waals surface area contributed by atoms with Gasteiger partial charge in [-0.05, 0) is 17.9 Å². The summed E-state index contributed by atoms with van der Waals surface area (Å²) in [5, 5.41) is 3.95. The summed E-state index contributed by atoms with van der Waals surface area (Å²) in [5.74, 6) is -0.00306. The van der Waals surface area contributed by atoms with E-state index in [-0.39, 0.29) is 11.3 Å². The zero-order chi connectivity index (χ0) is 13.2. The monoisotopic (exact) mass is 244 g/mol. The molecule has 0 fully saturated rings. The Kier molecular flexibility index (Phi) is 3.41. The molecule has 0 aliphatic heterocycles. The second-order valence-corrected chi connectivity index (χ2v) is 5.81. The summed E-state index contributed by atoms with van der Waals surface area (Å²) < 4.78 is 0. The van der Waals surface area contributed by atoms with Gasteiger partial charge in [0.1, 0.15) is 0 Å². The van der Waals surface area contributed by atoms with E-state index < -0.39 is 0 Å². The van der Waals surface area contributed by atoms with Crippen molar-refractivity contribution in [1.82, 2.24) is 10.3 Å². The highest BCUT2D eigenvalue weighted by Crippen LogP contribution is 2.19. The molecule has 96 valence electrons. The first-order valence-corrected chi connectivity index (χ1v) is 6.32. The summed E-state index contributed by atoms with van der Waals surface area (Å²) in [6, 6.07) is 7.84. The van der Waals surface area contributed by atoms with Crippen molar-refractivity contribution in [2.45, 2.75) is 27.2 Å². The fraction of sp³-hybridized carbons (Fsp3) is 0.400. The molecule has 0 spiro atoms. The largest absolute Gasteiger partial charge is 0.360 e. The SMILES string of the molecule is CC(C)(C)CCNC(=O)c1c[nH]c2ccccc12. The van der Waals surface area contributed by atoms with E-state index in [0.717, 1.165) is 22.9 Å². The minimum atomic E-state index is -0.00306. The van der Waals surface area contributed by atoms with Gasteiger partial charge < -0.3 is 10.3 Å². The van der Waals surface area contributed by atoms with Crippen LogP contribution in [-0.2, 0) is 0 Å². The molecule has 2 rings (SSSR count). The molecular formula is C15H20N2O. The van der Waals surface area contributed by atoms with Crippen molar-refractivity contribution >= 4 is 16.8 Å². The van der Waals surface area contributed by atoms with Crippen molar-refractivity contribution in [3.8, 4) is 0 Å². The normalized spacial score (nSPS) is 11.7. The fourth-order valence-corrected chi connectivity index (χ4v) is 1.91. The molecule has 1 aromatic carbocycles. The number of benzene rings is 1. The number of fused-ring (bicyclic) bond motifs is 1. The fourth-order valence-electron chi connectivity index (χ4n) is 1.91. The standard InChI is InChI=1S/C15H20N2O/c1-15(2,3)8-9-16-14(18)12-10-17-13-7-5-4-6-11(12)13/h4-7,10,17H,8-9H2,1-3H3,(H,16,18). The van der Waals surface area contributed by atoms with E-state index in [1.54, 1.807) is 6.20 Å². The van der Waals surface area contributed by atoms with E-state index in [1.807, 2.05) is 24.3 Å². The molecule has 0 saturated heterocycles. The summed E-state index contributed by atoms with van der Waals surface area (Å²) in [7, 11) is 0. The van der Waals surface area contributed by atoms with Gasteiger partial charge in [0.15, 0.2) is 0 Å². The Labute approximate surface area is 108 Å². The van der Waals surface area contributed by atoms with Gasteiger partial charge in [-0.2, -0.15) is 0 Å². The smallest absolute Gasteiger partial charge is 0.253 e. The van der Waals surface area contributed by atoms with Crippen molar-refractivity contribution < 1.29 is 4.79 Å². The van der Waals surface area contributed by atoms with Gasteiger partial charge >= 0.3 is 0 Å². The Bertz CT molecular complexity index is 549. The summed E-state index contributed by atoms with van der Waals surface area (Å²) in [4.78, 5) is 15.2. The van der Waals surface area contributed by atoms with Crippen LogP contribution in [0.1, 0.15) is 37.6 Å². The molecule has 0 unspecified atom stereocenters. The zero-order valence-electron chi connectivity index (χ0n) is 11.2. The number of amides is 1. The van der Waals surface area contributed by atoms with E-state index in [4.69, 9.17) is 0 Å². The van der Waals surface area contributed by atoms with Crippen molar-refractivity contribution in [2.75, 3.05) is 6.54 Å². The van der Waals surface area contributed by atoms with Gasteiger partial charge in [-0.1, -0.05) is 39.0 Å². The second-order valence-electron chi connectivity index (χ2n) is 5.81. The van der Waals surface area contributed by atoms with Crippen LogP contribution in [0.15, 0.2) is 30.5 Å². The van der Waals surface area contributed by atoms with Gasteiger partial charge in [-0.3, -0.25) is 4.79 Å². The quantitative estimate of drug-likeness (QED) is 0.854. The number of aromatic nitrogens is 1. The Morgan fingerprint density at radius 3 is 2.72 bits per heavy atom. The van der Waals surface area contributed by atoms with Crippen LogP contribution in [0.5, 0.6) is 0 Å². The Morgan fingerprint density at radius 2 is 2.00 bits per heavy atom. The number of carbonyl (C=O) groups is 1. The number of hydrogen-bond acceptors (Lipinski definition) is 1. The maximum atomic E-state index is 12.1. The molecule has 0 radical (unpaired) electrons. The van der Waals surface area contributed by atoms with Gasteiger partial charge in [0.05, 0.1) is 5.56 Å². The van der Waals surface area contributed by atoms with Crippen LogP contribution in [0.4, 0.5) is 0 Å². The van der Waals surface area contributed by atoms with Crippen LogP contribution in [0.25, 0.3) is 10.9 Å². The maximum absolute atomic E-state index is 12.1. The van der Waals surface area contributed by atoms with Crippen molar-refractivity contribution in [3.05, 3.63) is 36.0 Å². The highest BCUT2D eigenvalue weighted by molar-refractivity contribution is 6.06. The molecule has 0 atom stereocenters. The summed E-state index contributed by atoms with van der Waals surface area (Å²) >= 11 is 0. The van der Waals surface area contributed by atoms with Gasteiger partial charge in [-0.15, -0.1) is 0 Å². The molecular weight excluding hydrogens is 224 g/mol. The van der Waals surface area contributed by atoms with Gasteiger partial charge in [0.2, 0.25) is 0 Å². The number of hydrogen-bond donors (Lipinski definition) is 2. The highest BCUT2D eigenvalue weighted by Gasteiger charge is 2.13. The third-order valence-electron chi connectivity index (χ3n) is 2.99. The van der Waals surface area contributed by atoms with Crippen LogP contribution in [0.2, 0.25) is 0 Å². The molecule has 1 heterocycles. The minimum absolute atomic E-state index is 0.00306. The van der Waals surface area contributed by atoms with E-state index in [2.05, 4.69) is 31.1 Å².